The van der Waals surface area contributed by atoms with Crippen LogP contribution in [0.3, 0.4) is 0 Å². The van der Waals surface area contributed by atoms with Crippen LogP contribution >= 0.6 is 0 Å². The molecule has 0 aliphatic heterocycles. The van der Waals surface area contributed by atoms with Gasteiger partial charge in [-0.3, -0.25) is 4.55 Å². The normalized spacial score (nSPS) is 12.1. The molecule has 0 fully saturated rings. The van der Waals surface area contributed by atoms with E-state index in [2.05, 4.69) is 13.8 Å². The van der Waals surface area contributed by atoms with Gasteiger partial charge in [0.1, 0.15) is 0 Å². The summed E-state index contributed by atoms with van der Waals surface area (Å²) in [6.07, 6.45) is 12.4. The van der Waals surface area contributed by atoms with Crippen molar-refractivity contribution in [3.05, 3.63) is 0 Å². The minimum atomic E-state index is -3.66. The Labute approximate surface area is 149 Å². The van der Waals surface area contributed by atoms with Crippen LogP contribution in [-0.2, 0) is 10.1 Å². The van der Waals surface area contributed by atoms with E-state index in [1.165, 1.54) is 64.7 Å². The molecule has 0 aromatic carbocycles. The average molecular weight is 319 g/mol. The van der Waals surface area contributed by atoms with Gasteiger partial charge in [-0.1, -0.05) is 58.3 Å². The van der Waals surface area contributed by atoms with Crippen molar-refractivity contribution in [2.45, 2.75) is 84.6 Å². The molecule has 0 saturated carbocycles. The Hall–Kier alpha value is 0.870. The van der Waals surface area contributed by atoms with Gasteiger partial charge in [0, 0.05) is 6.04 Å². The van der Waals surface area contributed by atoms with Crippen LogP contribution in [0.5, 0.6) is 0 Å². The van der Waals surface area contributed by atoms with E-state index in [0.29, 0.717) is 6.04 Å². The van der Waals surface area contributed by atoms with Crippen molar-refractivity contribution in [3.63, 3.8) is 0 Å². The third-order valence-electron chi connectivity index (χ3n) is 2.88. The van der Waals surface area contributed by atoms with E-state index >= 15 is 0 Å². The second-order valence-corrected chi connectivity index (χ2v) is 6.85. The van der Waals surface area contributed by atoms with E-state index in [1.807, 2.05) is 0 Å². The number of hydrogen-bond donors (Lipinski definition) is 2. The molecular formula is C14H34NNaO3S. The second kappa shape index (κ2) is 17.9. The minimum absolute atomic E-state index is 0. The Bertz CT molecular complexity index is 275. The Morgan fingerprint density at radius 2 is 1.35 bits per heavy atom. The molecule has 0 aliphatic carbocycles. The molecule has 0 aromatic rings. The maximum absolute atomic E-state index is 9.56. The molecule has 1 atom stereocenters. The van der Waals surface area contributed by atoms with Crippen LogP contribution in [0, 0.1) is 0 Å². The van der Waals surface area contributed by atoms with Crippen molar-refractivity contribution in [2.24, 2.45) is 5.73 Å². The van der Waals surface area contributed by atoms with Gasteiger partial charge in [0.05, 0.1) is 5.75 Å². The minimum Gasteiger partial charge on any atom is -1.00 e. The molecule has 0 aliphatic rings. The molecule has 0 amide bonds. The van der Waals surface area contributed by atoms with Crippen LogP contribution in [0.4, 0.5) is 0 Å². The predicted molar refractivity (Wildman–Crippen MR) is 84.1 cm³/mol. The molecule has 0 rings (SSSR count). The first-order chi connectivity index (χ1) is 8.83. The fraction of sp³-hybridized carbons (Fsp3) is 1.00. The molecule has 0 spiro atoms. The first-order valence-electron chi connectivity index (χ1n) is 7.54. The van der Waals surface area contributed by atoms with E-state index in [0.717, 1.165) is 0 Å². The van der Waals surface area contributed by atoms with Crippen LogP contribution in [0.25, 0.3) is 0 Å². The Morgan fingerprint density at radius 1 is 1.00 bits per heavy atom. The quantitative estimate of drug-likeness (QED) is 0.356. The molecule has 0 bridgehead atoms. The summed E-state index contributed by atoms with van der Waals surface area (Å²) in [4.78, 5) is 0. The zero-order chi connectivity index (χ0) is 15.1. The van der Waals surface area contributed by atoms with Crippen molar-refractivity contribution >= 4 is 10.1 Å². The summed E-state index contributed by atoms with van der Waals surface area (Å²) >= 11 is 0. The fourth-order valence-electron chi connectivity index (χ4n) is 1.60. The van der Waals surface area contributed by atoms with E-state index in [4.69, 9.17) is 10.3 Å². The molecule has 0 radical (unpaired) electrons. The summed E-state index contributed by atoms with van der Waals surface area (Å²) in [5, 5.41) is 0. The summed E-state index contributed by atoms with van der Waals surface area (Å²) in [5.74, 6) is -0.201. The molecule has 0 aromatic heterocycles. The zero-order valence-electron chi connectivity index (χ0n) is 14.9. The van der Waals surface area contributed by atoms with Gasteiger partial charge in [0.2, 0.25) is 0 Å². The molecule has 4 nitrogen and oxygen atoms in total. The number of nitrogens with two attached hydrogens (primary N) is 1. The molecule has 3 N–H and O–H groups in total. The zero-order valence-corrected chi connectivity index (χ0v) is 16.7. The van der Waals surface area contributed by atoms with Gasteiger partial charge < -0.3 is 7.16 Å². The van der Waals surface area contributed by atoms with Crippen molar-refractivity contribution in [3.8, 4) is 0 Å². The van der Waals surface area contributed by atoms with Gasteiger partial charge in [-0.15, -0.1) is 0 Å². The maximum atomic E-state index is 9.56. The molecular weight excluding hydrogens is 285 g/mol. The van der Waals surface area contributed by atoms with Crippen molar-refractivity contribution in [1.82, 2.24) is 0 Å². The standard InChI is InChI=1S/C12H27N.C2H6O3S.Na.H/c1-3-4-5-6-7-8-9-10-11-12(2)13;1-2-6(3,4)5;;/h12H,3-11,13H2,1-2H3;2H2,1H3,(H,3,4,5);;/q;;+1;-1. The van der Waals surface area contributed by atoms with Gasteiger partial charge in [-0.05, 0) is 20.3 Å². The van der Waals surface area contributed by atoms with Gasteiger partial charge in [0.25, 0.3) is 10.1 Å². The summed E-state index contributed by atoms with van der Waals surface area (Å²) in [6.45, 7) is 5.74. The van der Waals surface area contributed by atoms with Crippen LogP contribution in [0.2, 0.25) is 0 Å². The molecule has 0 heterocycles. The van der Waals surface area contributed by atoms with E-state index < -0.39 is 10.1 Å². The van der Waals surface area contributed by atoms with Gasteiger partial charge in [-0.2, -0.15) is 8.42 Å². The molecule has 1 unspecified atom stereocenters. The van der Waals surface area contributed by atoms with Crippen LogP contribution in [-0.4, -0.2) is 24.8 Å². The summed E-state index contributed by atoms with van der Waals surface area (Å²) in [7, 11) is -3.66. The molecule has 120 valence electrons. The maximum Gasteiger partial charge on any atom is 1.00 e. The Morgan fingerprint density at radius 3 is 1.65 bits per heavy atom. The summed E-state index contributed by atoms with van der Waals surface area (Å²) < 4.78 is 26.9. The molecule has 6 heteroatoms. The topological polar surface area (TPSA) is 80.4 Å². The van der Waals surface area contributed by atoms with Gasteiger partial charge in [0.15, 0.2) is 0 Å². The van der Waals surface area contributed by atoms with Crippen LogP contribution in [0.1, 0.15) is 80.0 Å². The number of unbranched alkanes of at least 4 members (excludes halogenated alkanes) is 7. The predicted octanol–water partition coefficient (Wildman–Crippen LogP) is 0.875. The first-order valence-corrected chi connectivity index (χ1v) is 9.15. The average Bonchev–Trinajstić information content (AvgIpc) is 2.32. The monoisotopic (exact) mass is 319 g/mol. The third-order valence-corrected chi connectivity index (χ3v) is 3.61. The molecule has 0 saturated heterocycles. The fourth-order valence-corrected chi connectivity index (χ4v) is 1.60. The number of hydrogen-bond acceptors (Lipinski definition) is 3. The Kier molecular flexibility index (Phi) is 23.1. The van der Waals surface area contributed by atoms with Crippen LogP contribution < -0.4 is 35.3 Å². The van der Waals surface area contributed by atoms with Gasteiger partial charge >= 0.3 is 29.6 Å². The SMILES string of the molecule is CCCCCCCCCCC(C)N.CCS(=O)(=O)O.[H-].[Na+]. The third kappa shape index (κ3) is 31.3. The van der Waals surface area contributed by atoms with Crippen molar-refractivity contribution in [1.29, 1.82) is 0 Å². The van der Waals surface area contributed by atoms with E-state index in [9.17, 15) is 8.42 Å². The van der Waals surface area contributed by atoms with E-state index in [-0.39, 0.29) is 36.7 Å². The number of rotatable bonds is 10. The smallest absolute Gasteiger partial charge is 1.00 e. The largest absolute Gasteiger partial charge is 1.00 e. The van der Waals surface area contributed by atoms with Crippen molar-refractivity contribution < 1.29 is 44.0 Å². The first kappa shape index (κ1) is 25.8. The Balaban J connectivity index is -0.000000156. The van der Waals surface area contributed by atoms with Crippen LogP contribution in [0.15, 0.2) is 0 Å². The second-order valence-electron chi connectivity index (χ2n) is 5.11. The molecule has 20 heavy (non-hydrogen) atoms. The van der Waals surface area contributed by atoms with Crippen molar-refractivity contribution in [2.75, 3.05) is 5.75 Å². The summed E-state index contributed by atoms with van der Waals surface area (Å²) in [6, 6.07) is 0.403. The van der Waals surface area contributed by atoms with E-state index in [1.54, 1.807) is 0 Å². The summed E-state index contributed by atoms with van der Waals surface area (Å²) in [5.41, 5.74) is 5.67. The van der Waals surface area contributed by atoms with Gasteiger partial charge in [-0.25, -0.2) is 0 Å².